The molecule has 5 rings (SSSR count). The maximum absolute atomic E-state index is 13.8. The molecule has 3 aliphatic rings. The monoisotopic (exact) mass is 520 g/mol. The Balaban J connectivity index is 1.49. The third-order valence-electron chi connectivity index (χ3n) is 7.66. The van der Waals surface area contributed by atoms with Crippen molar-refractivity contribution in [3.05, 3.63) is 59.7 Å². The molecule has 0 aromatic heterocycles. The van der Waals surface area contributed by atoms with E-state index in [1.165, 1.54) is 24.3 Å². The first-order valence-corrected chi connectivity index (χ1v) is 13.1. The first kappa shape index (κ1) is 25.6. The highest BCUT2D eigenvalue weighted by Gasteiger charge is 2.45. The standard InChI is InChI=1S/C28H32N4O6/c33-19-9-5-17(6-10-19)15-21-25(35)30-22(16-18-7-11-20(34)12-8-18)27(37)32-14-2-4-24(32)28(38)31-13-1-3-23(31)26(36)29-21/h5-12,21-24,33-34H,1-4,13-16H2,(H,29,36)(H,30,35)/t21-,22-,23+,24-/m0/s1. The second kappa shape index (κ2) is 10.7. The number of carbonyl (C=O) groups excluding carboxylic acids is 4. The minimum Gasteiger partial charge on any atom is -0.508 e. The van der Waals surface area contributed by atoms with Crippen LogP contribution in [-0.4, -0.2) is 80.9 Å². The zero-order valence-electron chi connectivity index (χ0n) is 21.0. The van der Waals surface area contributed by atoms with Crippen molar-refractivity contribution in [3.63, 3.8) is 0 Å². The van der Waals surface area contributed by atoms with Crippen LogP contribution in [0.15, 0.2) is 48.5 Å². The fourth-order valence-corrected chi connectivity index (χ4v) is 5.67. The highest BCUT2D eigenvalue weighted by atomic mass is 16.3. The molecule has 10 heteroatoms. The highest BCUT2D eigenvalue weighted by Crippen LogP contribution is 2.27. The van der Waals surface area contributed by atoms with E-state index in [1.54, 1.807) is 34.1 Å². The zero-order chi connectivity index (χ0) is 26.8. The molecule has 0 radical (unpaired) electrons. The fourth-order valence-electron chi connectivity index (χ4n) is 5.67. The maximum atomic E-state index is 13.8. The van der Waals surface area contributed by atoms with Crippen molar-refractivity contribution < 1.29 is 29.4 Å². The van der Waals surface area contributed by atoms with Crippen LogP contribution in [-0.2, 0) is 32.0 Å². The van der Waals surface area contributed by atoms with Crippen LogP contribution in [0.2, 0.25) is 0 Å². The number of benzene rings is 2. The van der Waals surface area contributed by atoms with Gasteiger partial charge in [-0.2, -0.15) is 0 Å². The number of nitrogens with zero attached hydrogens (tertiary/aromatic N) is 2. The van der Waals surface area contributed by atoms with Gasteiger partial charge in [-0.05, 0) is 61.1 Å². The van der Waals surface area contributed by atoms with Gasteiger partial charge in [-0.15, -0.1) is 0 Å². The third kappa shape index (κ3) is 5.29. The number of hydrogen-bond donors (Lipinski definition) is 4. The predicted molar refractivity (Wildman–Crippen MR) is 137 cm³/mol. The lowest BCUT2D eigenvalue weighted by molar-refractivity contribution is -0.149. The Morgan fingerprint density at radius 1 is 0.632 bits per heavy atom. The highest BCUT2D eigenvalue weighted by molar-refractivity contribution is 5.98. The van der Waals surface area contributed by atoms with Crippen LogP contribution in [0.3, 0.4) is 0 Å². The number of fused-ring (bicyclic) bond motifs is 2. The van der Waals surface area contributed by atoms with Crippen molar-refractivity contribution in [2.75, 3.05) is 13.1 Å². The summed E-state index contributed by atoms with van der Waals surface area (Å²) in [5.41, 5.74) is 1.45. The van der Waals surface area contributed by atoms with Crippen LogP contribution < -0.4 is 10.6 Å². The van der Waals surface area contributed by atoms with Crippen molar-refractivity contribution in [1.82, 2.24) is 20.4 Å². The van der Waals surface area contributed by atoms with E-state index in [0.29, 0.717) is 38.8 Å². The number of phenols is 2. The number of aromatic hydroxyl groups is 2. The van der Waals surface area contributed by atoms with Gasteiger partial charge in [0.2, 0.25) is 23.6 Å². The van der Waals surface area contributed by atoms with E-state index in [4.69, 9.17) is 0 Å². The molecule has 2 aromatic rings. The molecule has 200 valence electrons. The number of nitrogens with one attached hydrogen (secondary N) is 2. The van der Waals surface area contributed by atoms with Gasteiger partial charge in [-0.3, -0.25) is 19.2 Å². The van der Waals surface area contributed by atoms with Crippen LogP contribution in [0, 0.1) is 0 Å². The minimum atomic E-state index is -0.992. The SMILES string of the molecule is O=C1N[C@@H](Cc2ccc(O)cc2)C(=O)N2CCC[C@H]2C(=O)N2CCC[C@@H]2C(=O)N[C@H]1Cc1ccc(O)cc1. The molecule has 4 amide bonds. The summed E-state index contributed by atoms with van der Waals surface area (Å²) >= 11 is 0. The molecule has 0 spiro atoms. The van der Waals surface area contributed by atoms with Crippen LogP contribution in [0.5, 0.6) is 11.5 Å². The summed E-state index contributed by atoms with van der Waals surface area (Å²) in [5, 5.41) is 25.0. The smallest absolute Gasteiger partial charge is 0.246 e. The minimum absolute atomic E-state index is 0.0840. The van der Waals surface area contributed by atoms with E-state index in [9.17, 15) is 29.4 Å². The van der Waals surface area contributed by atoms with Gasteiger partial charge >= 0.3 is 0 Å². The molecule has 3 saturated heterocycles. The topological polar surface area (TPSA) is 139 Å². The van der Waals surface area contributed by atoms with Gasteiger partial charge in [0, 0.05) is 25.9 Å². The van der Waals surface area contributed by atoms with Crippen molar-refractivity contribution in [3.8, 4) is 11.5 Å². The Hall–Kier alpha value is -4.08. The van der Waals surface area contributed by atoms with E-state index in [0.717, 1.165) is 11.1 Å². The average Bonchev–Trinajstić information content (AvgIpc) is 3.59. The van der Waals surface area contributed by atoms with Crippen LogP contribution in [0.25, 0.3) is 0 Å². The first-order valence-electron chi connectivity index (χ1n) is 13.1. The van der Waals surface area contributed by atoms with Gasteiger partial charge in [0.25, 0.3) is 0 Å². The maximum Gasteiger partial charge on any atom is 0.246 e. The summed E-state index contributed by atoms with van der Waals surface area (Å²) in [4.78, 5) is 57.6. The predicted octanol–water partition coefficient (Wildman–Crippen LogP) is 0.848. The molecule has 3 aliphatic heterocycles. The molecule has 3 heterocycles. The van der Waals surface area contributed by atoms with E-state index in [1.807, 2.05) is 0 Å². The summed E-state index contributed by atoms with van der Waals surface area (Å²) in [6.07, 6.45) is 2.65. The molecule has 10 nitrogen and oxygen atoms in total. The Morgan fingerprint density at radius 2 is 1.11 bits per heavy atom. The van der Waals surface area contributed by atoms with Crippen molar-refractivity contribution in [1.29, 1.82) is 0 Å². The molecule has 0 bridgehead atoms. The number of phenolic OH excluding ortho intramolecular Hbond substituents is 2. The fraction of sp³-hybridized carbons (Fsp3) is 0.429. The first-order chi connectivity index (χ1) is 18.3. The molecular weight excluding hydrogens is 488 g/mol. The molecule has 4 atom stereocenters. The second-order valence-electron chi connectivity index (χ2n) is 10.2. The van der Waals surface area contributed by atoms with E-state index < -0.39 is 30.1 Å². The molecule has 2 aromatic carbocycles. The molecule has 4 N–H and O–H groups in total. The van der Waals surface area contributed by atoms with Crippen LogP contribution in [0.1, 0.15) is 36.8 Å². The van der Waals surface area contributed by atoms with E-state index in [2.05, 4.69) is 10.6 Å². The average molecular weight is 521 g/mol. The van der Waals surface area contributed by atoms with E-state index in [-0.39, 0.29) is 42.1 Å². The van der Waals surface area contributed by atoms with Gasteiger partial charge in [-0.25, -0.2) is 0 Å². The Kier molecular flexibility index (Phi) is 7.22. The largest absolute Gasteiger partial charge is 0.508 e. The number of carbonyl (C=O) groups is 4. The quantitative estimate of drug-likeness (QED) is 0.471. The lowest BCUT2D eigenvalue weighted by Gasteiger charge is -2.35. The Labute approximate surface area is 220 Å². The molecule has 0 saturated carbocycles. The van der Waals surface area contributed by atoms with Gasteiger partial charge in [0.15, 0.2) is 0 Å². The van der Waals surface area contributed by atoms with Gasteiger partial charge in [0.1, 0.15) is 35.7 Å². The van der Waals surface area contributed by atoms with Crippen molar-refractivity contribution in [2.24, 2.45) is 0 Å². The second-order valence-corrected chi connectivity index (χ2v) is 10.2. The van der Waals surface area contributed by atoms with Crippen LogP contribution >= 0.6 is 0 Å². The molecule has 0 unspecified atom stereocenters. The number of hydrogen-bond acceptors (Lipinski definition) is 6. The van der Waals surface area contributed by atoms with Crippen molar-refractivity contribution in [2.45, 2.75) is 62.7 Å². The molecule has 38 heavy (non-hydrogen) atoms. The zero-order valence-corrected chi connectivity index (χ0v) is 21.0. The summed E-state index contributed by atoms with van der Waals surface area (Å²) in [7, 11) is 0. The lowest BCUT2D eigenvalue weighted by Crippen LogP contribution is -2.61. The number of amides is 4. The van der Waals surface area contributed by atoms with Crippen molar-refractivity contribution >= 4 is 23.6 Å². The normalized spacial score (nSPS) is 26.2. The van der Waals surface area contributed by atoms with Gasteiger partial charge in [-0.1, -0.05) is 24.3 Å². The van der Waals surface area contributed by atoms with Gasteiger partial charge in [0.05, 0.1) is 0 Å². The lowest BCUT2D eigenvalue weighted by atomic mass is 10.0. The summed E-state index contributed by atoms with van der Waals surface area (Å²) in [6, 6.07) is 9.44. The summed E-state index contributed by atoms with van der Waals surface area (Å²) < 4.78 is 0. The summed E-state index contributed by atoms with van der Waals surface area (Å²) in [6.45, 7) is 0.833. The van der Waals surface area contributed by atoms with Gasteiger partial charge < -0.3 is 30.6 Å². The Bertz CT molecular complexity index is 1210. The Morgan fingerprint density at radius 3 is 1.68 bits per heavy atom. The molecule has 0 aliphatic carbocycles. The van der Waals surface area contributed by atoms with E-state index >= 15 is 0 Å². The summed E-state index contributed by atoms with van der Waals surface area (Å²) in [5.74, 6) is -1.28. The molecular formula is C28H32N4O6. The molecule has 3 fully saturated rings. The third-order valence-corrected chi connectivity index (χ3v) is 7.66. The number of rotatable bonds is 4. The van der Waals surface area contributed by atoms with Crippen LogP contribution in [0.4, 0.5) is 0 Å².